The van der Waals surface area contributed by atoms with E-state index in [-0.39, 0.29) is 10.6 Å². The van der Waals surface area contributed by atoms with E-state index in [9.17, 15) is 10.1 Å². The quantitative estimate of drug-likeness (QED) is 0.476. The van der Waals surface area contributed by atoms with Crippen molar-refractivity contribution in [1.29, 1.82) is 0 Å². The van der Waals surface area contributed by atoms with E-state index >= 15 is 0 Å². The van der Waals surface area contributed by atoms with Crippen molar-refractivity contribution in [3.8, 4) is 0 Å². The molecule has 1 aromatic carbocycles. The maximum absolute atomic E-state index is 11.0. The van der Waals surface area contributed by atoms with Crippen LogP contribution in [0, 0.1) is 10.1 Å². The van der Waals surface area contributed by atoms with Gasteiger partial charge in [0.15, 0.2) is 0 Å². The van der Waals surface area contributed by atoms with Crippen LogP contribution in [0.5, 0.6) is 0 Å². The van der Waals surface area contributed by atoms with E-state index in [1.807, 2.05) is 12.1 Å². The van der Waals surface area contributed by atoms with Crippen LogP contribution < -0.4 is 5.32 Å². The van der Waals surface area contributed by atoms with Crippen LogP contribution in [0.1, 0.15) is 44.2 Å². The number of non-ortho nitro benzene ring substituents is 1. The topological polar surface area (TPSA) is 58.4 Å². The first kappa shape index (κ1) is 15.9. The van der Waals surface area contributed by atoms with Gasteiger partial charge >= 0.3 is 0 Å². The predicted molar refractivity (Wildman–Crippen MR) is 84.4 cm³/mol. The number of hydrogen-bond acceptors (Lipinski definition) is 4. The van der Waals surface area contributed by atoms with Gasteiger partial charge < -0.3 is 5.32 Å². The summed E-state index contributed by atoms with van der Waals surface area (Å²) >= 11 is 0. The molecule has 1 aliphatic heterocycles. The highest BCUT2D eigenvalue weighted by Crippen LogP contribution is 2.29. The van der Waals surface area contributed by atoms with Crippen LogP contribution in [0.3, 0.4) is 0 Å². The van der Waals surface area contributed by atoms with Crippen molar-refractivity contribution >= 4 is 5.69 Å². The Morgan fingerprint density at radius 3 is 2.76 bits per heavy atom. The summed E-state index contributed by atoms with van der Waals surface area (Å²) in [6.07, 6.45) is 4.67. The predicted octanol–water partition coefficient (Wildman–Crippen LogP) is 3.12. The van der Waals surface area contributed by atoms with Gasteiger partial charge in [-0.25, -0.2) is 0 Å². The largest absolute Gasteiger partial charge is 0.314 e. The Morgan fingerprint density at radius 1 is 1.33 bits per heavy atom. The first-order valence-electron chi connectivity index (χ1n) is 7.91. The van der Waals surface area contributed by atoms with Crippen LogP contribution in [0.25, 0.3) is 0 Å². The van der Waals surface area contributed by atoms with Crippen LogP contribution in [0.4, 0.5) is 5.69 Å². The van der Waals surface area contributed by atoms with Crippen LogP contribution in [0.15, 0.2) is 24.3 Å². The summed E-state index contributed by atoms with van der Waals surface area (Å²) < 4.78 is 0. The molecule has 5 heteroatoms. The third-order valence-corrected chi connectivity index (χ3v) is 4.14. The number of nitro groups is 1. The Hall–Kier alpha value is -1.46. The lowest BCUT2D eigenvalue weighted by Crippen LogP contribution is -2.45. The van der Waals surface area contributed by atoms with Gasteiger partial charge in [-0.15, -0.1) is 0 Å². The van der Waals surface area contributed by atoms with Crippen molar-refractivity contribution in [2.45, 2.75) is 38.6 Å². The number of unbranched alkanes of at least 4 members (excludes halogenated alkanes) is 2. The summed E-state index contributed by atoms with van der Waals surface area (Å²) in [5, 5.41) is 14.4. The molecule has 5 nitrogen and oxygen atoms in total. The molecule has 1 aromatic rings. The zero-order valence-corrected chi connectivity index (χ0v) is 12.8. The molecule has 0 saturated carbocycles. The second-order valence-electron chi connectivity index (χ2n) is 5.65. The van der Waals surface area contributed by atoms with E-state index in [2.05, 4.69) is 17.1 Å². The molecule has 0 unspecified atom stereocenters. The fourth-order valence-electron chi connectivity index (χ4n) is 2.99. The zero-order chi connectivity index (χ0) is 15.1. The molecule has 1 saturated heterocycles. The summed E-state index contributed by atoms with van der Waals surface area (Å²) in [6, 6.07) is 7.47. The molecule has 0 bridgehead atoms. The maximum Gasteiger partial charge on any atom is 0.269 e. The second kappa shape index (κ2) is 8.10. The molecular weight excluding hydrogens is 266 g/mol. The fourth-order valence-corrected chi connectivity index (χ4v) is 2.99. The van der Waals surface area contributed by atoms with Crippen molar-refractivity contribution in [2.24, 2.45) is 0 Å². The second-order valence-corrected chi connectivity index (χ2v) is 5.65. The molecule has 21 heavy (non-hydrogen) atoms. The van der Waals surface area contributed by atoms with Gasteiger partial charge in [-0.05, 0) is 12.0 Å². The van der Waals surface area contributed by atoms with Gasteiger partial charge in [-0.2, -0.15) is 0 Å². The Balaban J connectivity index is 2.16. The van der Waals surface area contributed by atoms with Gasteiger partial charge in [0.25, 0.3) is 5.69 Å². The number of nitro benzene ring substituents is 1. The third-order valence-electron chi connectivity index (χ3n) is 4.14. The number of nitrogens with one attached hydrogen (secondary N) is 1. The number of hydrogen-bond donors (Lipinski definition) is 1. The lowest BCUT2D eigenvalue weighted by Gasteiger charge is -2.35. The standard InChI is InChI=1S/C16H25N3O2/c1-2-3-4-8-16(18-11-9-17-10-12-18)14-6-5-7-15(13-14)19(20)21/h5-7,13,16-17H,2-4,8-12H2,1H3/t16-/m1/s1. The normalized spacial score (nSPS) is 17.6. The molecule has 2 rings (SSSR count). The minimum Gasteiger partial charge on any atom is -0.314 e. The summed E-state index contributed by atoms with van der Waals surface area (Å²) in [4.78, 5) is 13.2. The van der Waals surface area contributed by atoms with Crippen LogP contribution >= 0.6 is 0 Å². The van der Waals surface area contributed by atoms with Gasteiger partial charge in [0, 0.05) is 44.4 Å². The van der Waals surface area contributed by atoms with E-state index in [4.69, 9.17) is 0 Å². The fraction of sp³-hybridized carbons (Fsp3) is 0.625. The summed E-state index contributed by atoms with van der Waals surface area (Å²) in [5.41, 5.74) is 1.28. The summed E-state index contributed by atoms with van der Waals surface area (Å²) in [5.74, 6) is 0. The Morgan fingerprint density at radius 2 is 2.10 bits per heavy atom. The molecule has 0 aromatic heterocycles. The molecule has 1 fully saturated rings. The molecule has 0 spiro atoms. The molecular formula is C16H25N3O2. The number of rotatable bonds is 7. The Kier molecular flexibility index (Phi) is 6.14. The van der Waals surface area contributed by atoms with Crippen LogP contribution in [-0.4, -0.2) is 36.0 Å². The highest BCUT2D eigenvalue weighted by atomic mass is 16.6. The van der Waals surface area contributed by atoms with E-state index in [0.29, 0.717) is 6.04 Å². The zero-order valence-electron chi connectivity index (χ0n) is 12.8. The molecule has 0 amide bonds. The molecule has 1 atom stereocenters. The Labute approximate surface area is 126 Å². The number of piperazine rings is 1. The smallest absolute Gasteiger partial charge is 0.269 e. The monoisotopic (exact) mass is 291 g/mol. The summed E-state index contributed by atoms with van der Waals surface area (Å²) in [7, 11) is 0. The van der Waals surface area contributed by atoms with E-state index in [0.717, 1.165) is 38.2 Å². The third kappa shape index (κ3) is 4.51. The van der Waals surface area contributed by atoms with Gasteiger partial charge in [0.05, 0.1) is 4.92 Å². The van der Waals surface area contributed by atoms with Crippen LogP contribution in [-0.2, 0) is 0 Å². The highest BCUT2D eigenvalue weighted by molar-refractivity contribution is 5.35. The molecule has 1 heterocycles. The van der Waals surface area contributed by atoms with Crippen molar-refractivity contribution in [3.05, 3.63) is 39.9 Å². The lowest BCUT2D eigenvalue weighted by molar-refractivity contribution is -0.385. The Bertz CT molecular complexity index is 459. The van der Waals surface area contributed by atoms with Gasteiger partial charge in [-0.1, -0.05) is 38.3 Å². The molecule has 1 N–H and O–H groups in total. The van der Waals surface area contributed by atoms with Crippen molar-refractivity contribution < 1.29 is 4.92 Å². The van der Waals surface area contributed by atoms with Crippen molar-refractivity contribution in [3.63, 3.8) is 0 Å². The van der Waals surface area contributed by atoms with E-state index in [1.54, 1.807) is 12.1 Å². The van der Waals surface area contributed by atoms with Crippen molar-refractivity contribution in [1.82, 2.24) is 10.2 Å². The minimum atomic E-state index is -0.301. The first-order chi connectivity index (χ1) is 10.2. The highest BCUT2D eigenvalue weighted by Gasteiger charge is 2.23. The van der Waals surface area contributed by atoms with Crippen molar-refractivity contribution in [2.75, 3.05) is 26.2 Å². The average Bonchev–Trinajstić information content (AvgIpc) is 2.52. The summed E-state index contributed by atoms with van der Waals surface area (Å²) in [6.45, 7) is 6.23. The van der Waals surface area contributed by atoms with Gasteiger partial charge in [0.1, 0.15) is 0 Å². The average molecular weight is 291 g/mol. The molecule has 0 radical (unpaired) electrons. The van der Waals surface area contributed by atoms with E-state index < -0.39 is 0 Å². The minimum absolute atomic E-state index is 0.197. The van der Waals surface area contributed by atoms with Crippen LogP contribution in [0.2, 0.25) is 0 Å². The van der Waals surface area contributed by atoms with Gasteiger partial charge in [-0.3, -0.25) is 15.0 Å². The molecule has 116 valence electrons. The SMILES string of the molecule is CCCCC[C@H](c1cccc([N+](=O)[O-])c1)N1CCNCC1. The van der Waals surface area contributed by atoms with E-state index in [1.165, 1.54) is 19.3 Å². The number of benzene rings is 1. The molecule has 1 aliphatic rings. The first-order valence-corrected chi connectivity index (χ1v) is 7.91. The maximum atomic E-state index is 11.0. The molecule has 0 aliphatic carbocycles. The van der Waals surface area contributed by atoms with Gasteiger partial charge in [0.2, 0.25) is 0 Å². The lowest BCUT2D eigenvalue weighted by atomic mass is 9.97. The number of nitrogens with zero attached hydrogens (tertiary/aromatic N) is 2.